The molecule has 4 nitrogen and oxygen atoms in total. The van der Waals surface area contributed by atoms with E-state index in [0.717, 1.165) is 11.3 Å². The smallest absolute Gasteiger partial charge is 0.192 e. The fourth-order valence-corrected chi connectivity index (χ4v) is 1.59. The van der Waals surface area contributed by atoms with Crippen molar-refractivity contribution in [2.75, 3.05) is 5.73 Å². The molecule has 0 saturated heterocycles. The molecule has 0 aliphatic rings. The van der Waals surface area contributed by atoms with Gasteiger partial charge in [-0.15, -0.1) is 0 Å². The van der Waals surface area contributed by atoms with Gasteiger partial charge in [0.15, 0.2) is 16.8 Å². The van der Waals surface area contributed by atoms with E-state index in [9.17, 15) is 0 Å². The van der Waals surface area contributed by atoms with Crippen LogP contribution in [0.4, 0.5) is 5.69 Å². The van der Waals surface area contributed by atoms with E-state index < -0.39 is 0 Å². The second-order valence-electron chi connectivity index (χ2n) is 3.21. The van der Waals surface area contributed by atoms with E-state index in [1.807, 2.05) is 6.92 Å². The van der Waals surface area contributed by atoms with Crippen molar-refractivity contribution in [3.63, 3.8) is 0 Å². The molecule has 0 spiro atoms. The predicted molar refractivity (Wildman–Crippen MR) is 58.6 cm³/mol. The van der Waals surface area contributed by atoms with Crippen LogP contribution in [0.3, 0.4) is 0 Å². The molecule has 0 aromatic carbocycles. The molecule has 15 heavy (non-hydrogen) atoms. The highest BCUT2D eigenvalue weighted by molar-refractivity contribution is 6.32. The summed E-state index contributed by atoms with van der Waals surface area (Å²) in [5.41, 5.74) is 7.75. The normalized spacial score (nSPS) is 10.6. The summed E-state index contributed by atoms with van der Waals surface area (Å²) in [4.78, 5) is 8.05. The van der Waals surface area contributed by atoms with Gasteiger partial charge < -0.3 is 10.2 Å². The van der Waals surface area contributed by atoms with Crippen LogP contribution in [0.1, 0.15) is 11.6 Å². The van der Waals surface area contributed by atoms with Crippen molar-refractivity contribution in [3.8, 4) is 11.3 Å². The molecular formula is C10H10ClN3O. The van der Waals surface area contributed by atoms with Crippen molar-refractivity contribution in [3.05, 3.63) is 29.0 Å². The first kappa shape index (κ1) is 9.98. The molecule has 0 amide bonds. The third-order valence-corrected chi connectivity index (χ3v) is 2.39. The highest BCUT2D eigenvalue weighted by Crippen LogP contribution is 2.32. The van der Waals surface area contributed by atoms with Crippen LogP contribution in [0.2, 0.25) is 5.15 Å². The molecule has 0 atom stereocenters. The van der Waals surface area contributed by atoms with E-state index in [4.69, 9.17) is 21.8 Å². The van der Waals surface area contributed by atoms with E-state index in [-0.39, 0.29) is 5.15 Å². The van der Waals surface area contributed by atoms with Crippen molar-refractivity contribution in [2.24, 2.45) is 0 Å². The number of pyridine rings is 1. The number of nitrogens with zero attached hydrogens (tertiary/aromatic N) is 2. The third kappa shape index (κ3) is 1.68. The van der Waals surface area contributed by atoms with Gasteiger partial charge in [0.1, 0.15) is 0 Å². The summed E-state index contributed by atoms with van der Waals surface area (Å²) < 4.78 is 5.46. The van der Waals surface area contributed by atoms with Gasteiger partial charge in [0, 0.05) is 18.7 Å². The monoisotopic (exact) mass is 223 g/mol. The second-order valence-corrected chi connectivity index (χ2v) is 3.57. The molecule has 2 aromatic rings. The van der Waals surface area contributed by atoms with Crippen LogP contribution in [-0.4, -0.2) is 9.97 Å². The molecule has 2 rings (SSSR count). The fourth-order valence-electron chi connectivity index (χ4n) is 1.43. The van der Waals surface area contributed by atoms with E-state index in [2.05, 4.69) is 9.97 Å². The van der Waals surface area contributed by atoms with Gasteiger partial charge in [-0.1, -0.05) is 11.6 Å². The first-order valence-electron chi connectivity index (χ1n) is 4.44. The molecule has 5 heteroatoms. The Morgan fingerprint density at radius 1 is 1.40 bits per heavy atom. The summed E-state index contributed by atoms with van der Waals surface area (Å²) >= 11 is 5.82. The van der Waals surface area contributed by atoms with Gasteiger partial charge in [0.25, 0.3) is 0 Å². The van der Waals surface area contributed by atoms with Crippen molar-refractivity contribution in [1.82, 2.24) is 9.97 Å². The molecule has 2 aromatic heterocycles. The SMILES string of the molecule is Cc1nc(C)c(-c2ccnc(Cl)c2N)o1. The lowest BCUT2D eigenvalue weighted by atomic mass is 10.1. The summed E-state index contributed by atoms with van der Waals surface area (Å²) in [7, 11) is 0. The summed E-state index contributed by atoms with van der Waals surface area (Å²) in [6, 6.07) is 1.76. The van der Waals surface area contributed by atoms with Crippen LogP contribution in [0, 0.1) is 13.8 Å². The minimum absolute atomic E-state index is 0.279. The van der Waals surface area contributed by atoms with Crippen molar-refractivity contribution in [2.45, 2.75) is 13.8 Å². The number of aromatic nitrogens is 2. The van der Waals surface area contributed by atoms with E-state index >= 15 is 0 Å². The Morgan fingerprint density at radius 2 is 2.13 bits per heavy atom. The zero-order chi connectivity index (χ0) is 11.0. The Morgan fingerprint density at radius 3 is 2.73 bits per heavy atom. The number of halogens is 1. The molecule has 0 bridgehead atoms. The summed E-state index contributed by atoms with van der Waals surface area (Å²) in [6.45, 7) is 3.65. The average molecular weight is 224 g/mol. The largest absolute Gasteiger partial charge is 0.441 e. The third-order valence-electron chi connectivity index (χ3n) is 2.09. The molecule has 2 heterocycles. The first-order chi connectivity index (χ1) is 7.09. The number of anilines is 1. The van der Waals surface area contributed by atoms with Gasteiger partial charge in [-0.3, -0.25) is 0 Å². The Balaban J connectivity index is 2.64. The van der Waals surface area contributed by atoms with Crippen molar-refractivity contribution >= 4 is 17.3 Å². The average Bonchev–Trinajstić information content (AvgIpc) is 2.50. The van der Waals surface area contributed by atoms with Gasteiger partial charge in [-0.05, 0) is 13.0 Å². The quantitative estimate of drug-likeness (QED) is 0.755. The van der Waals surface area contributed by atoms with Crippen LogP contribution in [0.5, 0.6) is 0 Å². The van der Waals surface area contributed by atoms with Gasteiger partial charge in [-0.25, -0.2) is 9.97 Å². The number of nitrogens with two attached hydrogens (primary N) is 1. The van der Waals surface area contributed by atoms with Crippen LogP contribution in [-0.2, 0) is 0 Å². The Hall–Kier alpha value is -1.55. The van der Waals surface area contributed by atoms with E-state index in [1.165, 1.54) is 0 Å². The molecular weight excluding hydrogens is 214 g/mol. The highest BCUT2D eigenvalue weighted by Gasteiger charge is 2.14. The summed E-state index contributed by atoms with van der Waals surface area (Å²) in [6.07, 6.45) is 1.59. The maximum atomic E-state index is 5.82. The molecule has 0 saturated carbocycles. The molecule has 2 N–H and O–H groups in total. The van der Waals surface area contributed by atoms with E-state index in [0.29, 0.717) is 17.3 Å². The number of rotatable bonds is 1. The van der Waals surface area contributed by atoms with Gasteiger partial charge >= 0.3 is 0 Å². The topological polar surface area (TPSA) is 64.9 Å². The minimum Gasteiger partial charge on any atom is -0.441 e. The summed E-state index contributed by atoms with van der Waals surface area (Å²) in [5.74, 6) is 1.25. The first-order valence-corrected chi connectivity index (χ1v) is 4.81. The lowest BCUT2D eigenvalue weighted by Crippen LogP contribution is -1.93. The lowest BCUT2D eigenvalue weighted by Gasteiger charge is -2.03. The Labute approximate surface area is 92.1 Å². The fraction of sp³-hybridized carbons (Fsp3) is 0.200. The molecule has 0 radical (unpaired) electrons. The zero-order valence-electron chi connectivity index (χ0n) is 8.41. The number of hydrogen-bond donors (Lipinski definition) is 1. The molecule has 0 aliphatic heterocycles. The number of nitrogen functional groups attached to an aromatic ring is 1. The van der Waals surface area contributed by atoms with Crippen molar-refractivity contribution < 1.29 is 4.42 Å². The number of hydrogen-bond acceptors (Lipinski definition) is 4. The van der Waals surface area contributed by atoms with Crippen LogP contribution in [0.15, 0.2) is 16.7 Å². The van der Waals surface area contributed by atoms with Crippen LogP contribution in [0.25, 0.3) is 11.3 Å². The highest BCUT2D eigenvalue weighted by atomic mass is 35.5. The van der Waals surface area contributed by atoms with Crippen LogP contribution >= 0.6 is 11.6 Å². The second kappa shape index (κ2) is 3.55. The van der Waals surface area contributed by atoms with Gasteiger partial charge in [0.05, 0.1) is 11.4 Å². The van der Waals surface area contributed by atoms with Gasteiger partial charge in [0.2, 0.25) is 0 Å². The van der Waals surface area contributed by atoms with E-state index in [1.54, 1.807) is 19.2 Å². The standard InChI is InChI=1S/C10H10ClN3O/c1-5-9(15-6(2)14-5)7-3-4-13-10(11)8(7)12/h3-4H,12H2,1-2H3. The molecule has 0 fully saturated rings. The minimum atomic E-state index is 0.279. The molecule has 0 aliphatic carbocycles. The molecule has 78 valence electrons. The number of oxazole rings is 1. The van der Waals surface area contributed by atoms with Gasteiger partial charge in [-0.2, -0.15) is 0 Å². The Bertz CT molecular complexity index is 507. The lowest BCUT2D eigenvalue weighted by molar-refractivity contribution is 0.534. The maximum absolute atomic E-state index is 5.82. The summed E-state index contributed by atoms with van der Waals surface area (Å²) in [5, 5.41) is 0.279. The molecule has 0 unspecified atom stereocenters. The van der Waals surface area contributed by atoms with Crippen LogP contribution < -0.4 is 5.73 Å². The predicted octanol–water partition coefficient (Wildman–Crippen LogP) is 2.59. The Kier molecular flexibility index (Phi) is 2.36. The van der Waals surface area contributed by atoms with Crippen molar-refractivity contribution in [1.29, 1.82) is 0 Å². The number of aryl methyl sites for hydroxylation is 2. The zero-order valence-corrected chi connectivity index (χ0v) is 9.17. The maximum Gasteiger partial charge on any atom is 0.192 e.